The lowest BCUT2D eigenvalue weighted by Gasteiger charge is -2.36. The van der Waals surface area contributed by atoms with Gasteiger partial charge in [-0.2, -0.15) is 5.10 Å². The summed E-state index contributed by atoms with van der Waals surface area (Å²) in [5.41, 5.74) is 4.05. The van der Waals surface area contributed by atoms with Gasteiger partial charge in [-0.05, 0) is 67.3 Å². The number of carbonyl (C=O) groups is 1. The molecule has 0 spiro atoms. The number of fused-ring (bicyclic) bond motifs is 1. The van der Waals surface area contributed by atoms with E-state index in [1.807, 2.05) is 35.0 Å². The summed E-state index contributed by atoms with van der Waals surface area (Å²) in [6.45, 7) is 5.39. The molecular formula is C24H28FN5O. The lowest BCUT2D eigenvalue weighted by atomic mass is 9.74. The first-order valence-electron chi connectivity index (χ1n) is 10.5. The zero-order chi connectivity index (χ0) is 22.0. The molecule has 31 heavy (non-hydrogen) atoms. The minimum atomic E-state index is -0.272. The Kier molecular flexibility index (Phi) is 5.87. The van der Waals surface area contributed by atoms with E-state index in [0.717, 1.165) is 35.3 Å². The molecule has 0 aliphatic heterocycles. The van der Waals surface area contributed by atoms with Gasteiger partial charge in [-0.1, -0.05) is 13.8 Å². The standard InChI is InChI=1S/C24H28FN5O/c1-24(2)12-21(28-23(31)16-29(3)15-17-8-10-26-11-9-17)20-14-27-30(22(20)13-24)19-6-4-18(25)5-7-19/h4-11,14,21H,12-13,15-16H2,1-3H3,(H,28,31). The minimum absolute atomic E-state index is 0.00566. The Morgan fingerprint density at radius 3 is 2.65 bits per heavy atom. The van der Waals surface area contributed by atoms with Crippen molar-refractivity contribution in [1.82, 2.24) is 25.0 Å². The molecule has 0 radical (unpaired) electrons. The average molecular weight is 422 g/mol. The van der Waals surface area contributed by atoms with Crippen LogP contribution in [0, 0.1) is 11.2 Å². The van der Waals surface area contributed by atoms with E-state index in [1.54, 1.807) is 24.5 Å². The third-order valence-corrected chi connectivity index (χ3v) is 5.70. The smallest absolute Gasteiger partial charge is 0.234 e. The van der Waals surface area contributed by atoms with Gasteiger partial charge in [0, 0.05) is 24.5 Å². The highest BCUT2D eigenvalue weighted by Gasteiger charge is 2.36. The van der Waals surface area contributed by atoms with Crippen molar-refractivity contribution in [2.45, 2.75) is 39.3 Å². The lowest BCUT2D eigenvalue weighted by Crippen LogP contribution is -2.40. The molecule has 1 aliphatic rings. The van der Waals surface area contributed by atoms with Crippen molar-refractivity contribution in [3.63, 3.8) is 0 Å². The largest absolute Gasteiger partial charge is 0.348 e. The molecule has 7 heteroatoms. The third kappa shape index (κ3) is 4.99. The van der Waals surface area contributed by atoms with Crippen molar-refractivity contribution in [3.05, 3.63) is 77.6 Å². The molecule has 0 saturated carbocycles. The third-order valence-electron chi connectivity index (χ3n) is 5.70. The summed E-state index contributed by atoms with van der Waals surface area (Å²) in [6.07, 6.45) is 7.03. The molecular weight excluding hydrogens is 393 g/mol. The van der Waals surface area contributed by atoms with Crippen LogP contribution < -0.4 is 5.32 Å². The Balaban J connectivity index is 1.49. The molecule has 162 valence electrons. The van der Waals surface area contributed by atoms with Crippen LogP contribution in [0.1, 0.15) is 43.1 Å². The average Bonchev–Trinajstić information content (AvgIpc) is 3.11. The number of nitrogens with zero attached hydrogens (tertiary/aromatic N) is 4. The van der Waals surface area contributed by atoms with Gasteiger partial charge in [0.1, 0.15) is 5.82 Å². The Morgan fingerprint density at radius 1 is 1.23 bits per heavy atom. The van der Waals surface area contributed by atoms with Crippen molar-refractivity contribution in [2.24, 2.45) is 5.41 Å². The van der Waals surface area contributed by atoms with Crippen LogP contribution in [0.2, 0.25) is 0 Å². The van der Waals surface area contributed by atoms with Crippen LogP contribution in [0.3, 0.4) is 0 Å². The minimum Gasteiger partial charge on any atom is -0.348 e. The van der Waals surface area contributed by atoms with E-state index in [1.165, 1.54) is 12.1 Å². The zero-order valence-corrected chi connectivity index (χ0v) is 18.2. The van der Waals surface area contributed by atoms with Crippen LogP contribution in [0.15, 0.2) is 55.0 Å². The lowest BCUT2D eigenvalue weighted by molar-refractivity contribution is -0.123. The van der Waals surface area contributed by atoms with E-state index in [2.05, 4.69) is 29.2 Å². The first-order valence-corrected chi connectivity index (χ1v) is 10.5. The number of rotatable bonds is 6. The molecule has 1 amide bonds. The second-order valence-corrected chi connectivity index (χ2v) is 9.13. The number of pyridine rings is 1. The summed E-state index contributed by atoms with van der Waals surface area (Å²) in [7, 11) is 1.93. The fraction of sp³-hybridized carbons (Fsp3) is 0.375. The van der Waals surface area contributed by atoms with Gasteiger partial charge in [-0.3, -0.25) is 14.7 Å². The van der Waals surface area contributed by atoms with Crippen LogP contribution in [0.5, 0.6) is 0 Å². The maximum Gasteiger partial charge on any atom is 0.234 e. The fourth-order valence-corrected chi connectivity index (χ4v) is 4.32. The van der Waals surface area contributed by atoms with Crippen molar-refractivity contribution in [3.8, 4) is 5.69 Å². The van der Waals surface area contributed by atoms with E-state index in [0.29, 0.717) is 13.1 Å². The van der Waals surface area contributed by atoms with E-state index in [9.17, 15) is 9.18 Å². The van der Waals surface area contributed by atoms with E-state index in [4.69, 9.17) is 0 Å². The molecule has 1 unspecified atom stereocenters. The Labute approximate surface area is 182 Å². The second kappa shape index (κ2) is 8.59. The van der Waals surface area contributed by atoms with Crippen molar-refractivity contribution < 1.29 is 9.18 Å². The maximum absolute atomic E-state index is 13.4. The van der Waals surface area contributed by atoms with Crippen LogP contribution in [0.4, 0.5) is 4.39 Å². The molecule has 0 bridgehead atoms. The van der Waals surface area contributed by atoms with Gasteiger partial charge in [0.05, 0.1) is 30.2 Å². The molecule has 4 rings (SSSR count). The van der Waals surface area contributed by atoms with Gasteiger partial charge in [0.15, 0.2) is 0 Å². The molecule has 1 N–H and O–H groups in total. The van der Waals surface area contributed by atoms with E-state index < -0.39 is 0 Å². The first kappa shape index (κ1) is 21.2. The summed E-state index contributed by atoms with van der Waals surface area (Å²) in [5, 5.41) is 7.78. The fourth-order valence-electron chi connectivity index (χ4n) is 4.32. The van der Waals surface area contributed by atoms with Crippen molar-refractivity contribution >= 4 is 5.91 Å². The number of benzene rings is 1. The number of aromatic nitrogens is 3. The normalized spacial score (nSPS) is 17.4. The number of nitrogens with one attached hydrogen (secondary N) is 1. The second-order valence-electron chi connectivity index (χ2n) is 9.13. The van der Waals surface area contributed by atoms with Gasteiger partial charge >= 0.3 is 0 Å². The summed E-state index contributed by atoms with van der Waals surface area (Å²) in [5.74, 6) is -0.286. The summed E-state index contributed by atoms with van der Waals surface area (Å²) in [4.78, 5) is 18.8. The molecule has 1 aromatic carbocycles. The van der Waals surface area contributed by atoms with Crippen LogP contribution in [-0.2, 0) is 17.8 Å². The number of hydrogen-bond acceptors (Lipinski definition) is 4. The van der Waals surface area contributed by atoms with Crippen LogP contribution in [-0.4, -0.2) is 39.2 Å². The molecule has 0 fully saturated rings. The summed E-state index contributed by atoms with van der Waals surface area (Å²) < 4.78 is 15.2. The monoisotopic (exact) mass is 421 g/mol. The number of amides is 1. The van der Waals surface area contributed by atoms with Crippen molar-refractivity contribution in [2.75, 3.05) is 13.6 Å². The van der Waals surface area contributed by atoms with Gasteiger partial charge in [-0.25, -0.2) is 9.07 Å². The number of hydrogen-bond donors (Lipinski definition) is 1. The highest BCUT2D eigenvalue weighted by Crippen LogP contribution is 2.41. The Hall–Kier alpha value is -3.06. The highest BCUT2D eigenvalue weighted by atomic mass is 19.1. The number of likely N-dealkylation sites (N-methyl/N-ethyl adjacent to an activating group) is 1. The van der Waals surface area contributed by atoms with Gasteiger partial charge in [0.25, 0.3) is 0 Å². The Bertz CT molecular complexity index is 1050. The number of halogens is 1. The first-order chi connectivity index (χ1) is 14.8. The summed E-state index contributed by atoms with van der Waals surface area (Å²) in [6, 6.07) is 10.1. The van der Waals surface area contributed by atoms with Crippen molar-refractivity contribution in [1.29, 1.82) is 0 Å². The molecule has 3 aromatic rings. The van der Waals surface area contributed by atoms with Gasteiger partial charge in [0.2, 0.25) is 5.91 Å². The molecule has 2 aromatic heterocycles. The topological polar surface area (TPSA) is 63.1 Å². The molecule has 6 nitrogen and oxygen atoms in total. The maximum atomic E-state index is 13.4. The number of carbonyl (C=O) groups excluding carboxylic acids is 1. The SMILES string of the molecule is CN(CC(=O)NC1CC(C)(C)Cc2c1cnn2-c1ccc(F)cc1)Cc1ccncc1. The quantitative estimate of drug-likeness (QED) is 0.660. The van der Waals surface area contributed by atoms with Crippen LogP contribution >= 0.6 is 0 Å². The van der Waals surface area contributed by atoms with Gasteiger partial charge in [-0.15, -0.1) is 0 Å². The highest BCUT2D eigenvalue weighted by molar-refractivity contribution is 5.78. The van der Waals surface area contributed by atoms with E-state index in [-0.39, 0.29) is 23.2 Å². The van der Waals surface area contributed by atoms with Gasteiger partial charge < -0.3 is 5.32 Å². The van der Waals surface area contributed by atoms with E-state index >= 15 is 0 Å². The molecule has 0 saturated heterocycles. The molecule has 1 aliphatic carbocycles. The van der Waals surface area contributed by atoms with Crippen LogP contribution in [0.25, 0.3) is 5.69 Å². The summed E-state index contributed by atoms with van der Waals surface area (Å²) >= 11 is 0. The zero-order valence-electron chi connectivity index (χ0n) is 18.2. The Morgan fingerprint density at radius 2 is 1.94 bits per heavy atom. The predicted molar refractivity (Wildman–Crippen MR) is 117 cm³/mol. The predicted octanol–water partition coefficient (Wildman–Crippen LogP) is 3.67. The molecule has 2 heterocycles. The molecule has 1 atom stereocenters.